The highest BCUT2D eigenvalue weighted by Crippen LogP contribution is 2.27. The van der Waals surface area contributed by atoms with Gasteiger partial charge in [0.05, 0.1) is 5.52 Å². The maximum absolute atomic E-state index is 13.8. The normalized spacial score (nSPS) is 10.9. The van der Waals surface area contributed by atoms with E-state index in [0.29, 0.717) is 5.69 Å². The van der Waals surface area contributed by atoms with Gasteiger partial charge in [-0.3, -0.25) is 15.1 Å². The quantitative estimate of drug-likeness (QED) is 0.123. The Morgan fingerprint density at radius 2 is 1.73 bits per heavy atom. The van der Waals surface area contributed by atoms with E-state index in [0.717, 1.165) is 40.6 Å². The fraction of sp³-hybridized carbons (Fsp3) is 0.359. The van der Waals surface area contributed by atoms with Crippen molar-refractivity contribution in [2.24, 2.45) is 9.98 Å². The predicted molar refractivity (Wildman–Crippen MR) is 192 cm³/mol. The van der Waals surface area contributed by atoms with Gasteiger partial charge in [0.2, 0.25) is 0 Å². The van der Waals surface area contributed by atoms with E-state index >= 15 is 0 Å². The monoisotopic (exact) mass is 594 g/mol. The first-order valence-corrected chi connectivity index (χ1v) is 15.6. The molecule has 4 nitrogen and oxygen atoms in total. The van der Waals surface area contributed by atoms with Crippen LogP contribution in [0.3, 0.4) is 0 Å². The highest BCUT2D eigenvalue weighted by Gasteiger charge is 2.07. The van der Waals surface area contributed by atoms with Crippen LogP contribution in [0.15, 0.2) is 70.7 Å². The number of benzene rings is 3. The number of fused-ring (bicyclic) bond motifs is 1. The van der Waals surface area contributed by atoms with Crippen molar-refractivity contribution in [3.63, 3.8) is 0 Å². The summed E-state index contributed by atoms with van der Waals surface area (Å²) >= 11 is 0. The molecule has 5 heteroatoms. The summed E-state index contributed by atoms with van der Waals surface area (Å²) in [5.41, 5.74) is 9.03. The second-order valence-electron chi connectivity index (χ2n) is 10.1. The summed E-state index contributed by atoms with van der Waals surface area (Å²) < 4.78 is 13.8. The van der Waals surface area contributed by atoms with Crippen molar-refractivity contribution in [1.29, 1.82) is 0 Å². The molecule has 0 spiro atoms. The highest BCUT2D eigenvalue weighted by molar-refractivity contribution is 5.84. The Bertz CT molecular complexity index is 1510. The average molecular weight is 595 g/mol. The maximum Gasteiger partial charge on any atom is 0.149 e. The minimum Gasteiger partial charge on any atom is -0.297 e. The third-order valence-corrected chi connectivity index (χ3v) is 6.79. The molecule has 0 aliphatic heterocycles. The SMILES string of the molecule is C#Cc1ccc(CC)cc1.CC.CC=Nc1c(C)cc(/C(C)=C/C=NC)cc1F.CCCCCc1[nH]nc2cc(C)ccc12. The van der Waals surface area contributed by atoms with Crippen molar-refractivity contribution in [1.82, 2.24) is 10.2 Å². The number of aromatic nitrogens is 2. The van der Waals surface area contributed by atoms with Gasteiger partial charge in [0.25, 0.3) is 0 Å². The van der Waals surface area contributed by atoms with Gasteiger partial charge >= 0.3 is 0 Å². The number of nitrogens with zero attached hydrogens (tertiary/aromatic N) is 3. The number of aliphatic imine (C=N–C) groups is 2. The molecule has 1 N–H and O–H groups in total. The van der Waals surface area contributed by atoms with Gasteiger partial charge in [-0.25, -0.2) is 4.39 Å². The van der Waals surface area contributed by atoms with E-state index in [4.69, 9.17) is 6.42 Å². The Balaban J connectivity index is 0.000000330. The first kappa shape index (κ1) is 37.7. The van der Waals surface area contributed by atoms with E-state index in [9.17, 15) is 4.39 Å². The second-order valence-corrected chi connectivity index (χ2v) is 10.1. The third-order valence-electron chi connectivity index (χ3n) is 6.79. The summed E-state index contributed by atoms with van der Waals surface area (Å²) in [5, 5.41) is 8.77. The van der Waals surface area contributed by atoms with Gasteiger partial charge in [0.1, 0.15) is 11.5 Å². The molecule has 234 valence electrons. The maximum atomic E-state index is 13.8. The van der Waals surface area contributed by atoms with Gasteiger partial charge in [-0.1, -0.05) is 70.7 Å². The standard InChI is InChI=1S/C14H17FN2.C13H18N2.C10H10.C2H6/c1-5-17-14-11(3)8-12(9-13(14)15)10(2)6-7-16-4;1-3-4-5-6-12-11-8-7-10(2)9-13(11)15-14-12;1-3-9-5-7-10(4-2)8-6-9;1-2/h5-9H,1-4H3;7-9H,3-6H2,1-2H3,(H,14,15);1,5-8H,4H2,2H3;1-2H3/b10-6+,16-7?,17-5?;;;. The van der Waals surface area contributed by atoms with Crippen LogP contribution in [-0.4, -0.2) is 29.7 Å². The second kappa shape index (κ2) is 21.4. The Morgan fingerprint density at radius 3 is 2.30 bits per heavy atom. The van der Waals surface area contributed by atoms with E-state index in [1.165, 1.54) is 47.5 Å². The molecule has 0 radical (unpaired) electrons. The summed E-state index contributed by atoms with van der Waals surface area (Å²) in [4.78, 5) is 7.90. The van der Waals surface area contributed by atoms with Crippen LogP contribution in [0.4, 0.5) is 10.1 Å². The molecule has 0 aliphatic rings. The summed E-state index contributed by atoms with van der Waals surface area (Å²) in [7, 11) is 1.70. The van der Waals surface area contributed by atoms with Crippen LogP contribution in [-0.2, 0) is 12.8 Å². The Kier molecular flexibility index (Phi) is 18.3. The number of hydrogen-bond acceptors (Lipinski definition) is 3. The number of H-pyrrole nitrogens is 1. The molecule has 1 heterocycles. The fourth-order valence-electron chi connectivity index (χ4n) is 4.30. The number of rotatable bonds is 8. The van der Waals surface area contributed by atoms with Gasteiger partial charge in [-0.2, -0.15) is 5.10 Å². The van der Waals surface area contributed by atoms with Gasteiger partial charge in [-0.05, 0) is 111 Å². The molecule has 0 unspecified atom stereocenters. The molecular formula is C39H51FN4. The predicted octanol–water partition coefficient (Wildman–Crippen LogP) is 10.8. The third kappa shape index (κ3) is 12.5. The van der Waals surface area contributed by atoms with E-state index in [1.54, 1.807) is 26.4 Å². The van der Waals surface area contributed by atoms with E-state index in [2.05, 4.69) is 77.2 Å². The molecule has 4 rings (SSSR count). The molecule has 0 atom stereocenters. The smallest absolute Gasteiger partial charge is 0.149 e. The van der Waals surface area contributed by atoms with Gasteiger partial charge in [0.15, 0.2) is 0 Å². The van der Waals surface area contributed by atoms with Crippen LogP contribution >= 0.6 is 0 Å². The number of hydrogen-bond donors (Lipinski definition) is 1. The molecule has 0 bridgehead atoms. The molecule has 0 aliphatic carbocycles. The molecule has 0 saturated carbocycles. The lowest BCUT2D eigenvalue weighted by Crippen LogP contribution is -1.88. The van der Waals surface area contributed by atoms with Crippen LogP contribution < -0.4 is 0 Å². The molecule has 0 fully saturated rings. The zero-order valence-corrected chi connectivity index (χ0v) is 28.3. The number of aryl methyl sites for hydroxylation is 4. The molecule has 3 aromatic carbocycles. The van der Waals surface area contributed by atoms with E-state index in [-0.39, 0.29) is 5.82 Å². The average Bonchev–Trinajstić information content (AvgIpc) is 3.45. The number of unbranched alkanes of at least 4 members (excludes halogenated alkanes) is 2. The van der Waals surface area contributed by atoms with Crippen LogP contribution in [0.25, 0.3) is 16.5 Å². The van der Waals surface area contributed by atoms with Crippen molar-refractivity contribution in [3.05, 3.63) is 100 Å². The Morgan fingerprint density at radius 1 is 1.02 bits per heavy atom. The largest absolute Gasteiger partial charge is 0.297 e. The van der Waals surface area contributed by atoms with Crippen molar-refractivity contribution < 1.29 is 4.39 Å². The fourth-order valence-corrected chi connectivity index (χ4v) is 4.30. The molecule has 0 amide bonds. The minimum atomic E-state index is -0.292. The summed E-state index contributed by atoms with van der Waals surface area (Å²) in [6.45, 7) is 16.0. The lowest BCUT2D eigenvalue weighted by atomic mass is 10.0. The van der Waals surface area contributed by atoms with Crippen LogP contribution in [0.5, 0.6) is 0 Å². The molecule has 1 aromatic heterocycles. The van der Waals surface area contributed by atoms with Gasteiger partial charge in [-0.15, -0.1) is 6.42 Å². The van der Waals surface area contributed by atoms with Crippen molar-refractivity contribution >= 4 is 34.6 Å². The molecule has 44 heavy (non-hydrogen) atoms. The Hall–Kier alpha value is -4.30. The van der Waals surface area contributed by atoms with Gasteiger partial charge in [0, 0.05) is 36.1 Å². The number of aromatic amines is 1. The molecular weight excluding hydrogens is 543 g/mol. The zero-order valence-electron chi connectivity index (χ0n) is 28.3. The number of allylic oxidation sites excluding steroid dienone is 2. The number of terminal acetylenes is 1. The van der Waals surface area contributed by atoms with Crippen LogP contribution in [0, 0.1) is 32.0 Å². The topological polar surface area (TPSA) is 53.4 Å². The number of halogens is 1. The summed E-state index contributed by atoms with van der Waals surface area (Å²) in [5.74, 6) is 2.29. The molecule has 4 aromatic rings. The van der Waals surface area contributed by atoms with Crippen LogP contribution in [0.2, 0.25) is 0 Å². The minimum absolute atomic E-state index is 0.292. The number of nitrogens with one attached hydrogen (secondary N) is 1. The van der Waals surface area contributed by atoms with Crippen molar-refractivity contribution in [2.75, 3.05) is 7.05 Å². The van der Waals surface area contributed by atoms with Crippen molar-refractivity contribution in [3.8, 4) is 12.3 Å². The zero-order chi connectivity index (χ0) is 32.9. The summed E-state index contributed by atoms with van der Waals surface area (Å²) in [6.07, 6.45) is 16.4. The lowest BCUT2D eigenvalue weighted by molar-refractivity contribution is 0.628. The van der Waals surface area contributed by atoms with Crippen molar-refractivity contribution in [2.45, 2.75) is 87.5 Å². The first-order chi connectivity index (χ1) is 21.3. The van der Waals surface area contributed by atoms with Gasteiger partial charge < -0.3 is 0 Å². The van der Waals surface area contributed by atoms with E-state index < -0.39 is 0 Å². The van der Waals surface area contributed by atoms with Crippen LogP contribution in [0.1, 0.15) is 94.3 Å². The lowest BCUT2D eigenvalue weighted by Gasteiger charge is -2.07. The first-order valence-electron chi connectivity index (χ1n) is 15.6. The van der Waals surface area contributed by atoms with E-state index in [1.807, 2.05) is 52.0 Å². The summed E-state index contributed by atoms with van der Waals surface area (Å²) in [6, 6.07) is 18.0. The highest BCUT2D eigenvalue weighted by atomic mass is 19.1. The molecule has 0 saturated heterocycles. The Labute approximate surface area is 265 Å².